The van der Waals surface area contributed by atoms with Gasteiger partial charge in [0.15, 0.2) is 0 Å². The van der Waals surface area contributed by atoms with Crippen LogP contribution in [-0.2, 0) is 9.63 Å². The molecule has 0 spiro atoms. The Bertz CT molecular complexity index is 643. The lowest BCUT2D eigenvalue weighted by molar-refractivity contribution is -0.204. The normalized spacial score (nSPS) is 50.3. The van der Waals surface area contributed by atoms with Gasteiger partial charge in [0.05, 0.1) is 25.4 Å². The molecule has 6 unspecified atom stereocenters. The van der Waals surface area contributed by atoms with Crippen molar-refractivity contribution in [3.8, 4) is 0 Å². The number of amides is 1. The Morgan fingerprint density at radius 1 is 1.07 bits per heavy atom. The van der Waals surface area contributed by atoms with Gasteiger partial charge in [0, 0.05) is 6.42 Å². The second-order valence-electron chi connectivity index (χ2n) is 11.2. The molecule has 4 rings (SSSR count). The number of fused-ring (bicyclic) bond motifs is 5. The van der Waals surface area contributed by atoms with Crippen LogP contribution in [0.3, 0.4) is 0 Å². The van der Waals surface area contributed by atoms with E-state index in [4.69, 9.17) is 4.84 Å². The molecule has 0 aromatic carbocycles. The maximum Gasteiger partial charge on any atom is 0.243 e. The molecule has 6 nitrogen and oxygen atoms in total. The van der Waals surface area contributed by atoms with Crippen molar-refractivity contribution in [2.45, 2.75) is 96.4 Å². The first-order chi connectivity index (χ1) is 14.2. The van der Waals surface area contributed by atoms with Crippen LogP contribution in [0.1, 0.15) is 78.1 Å². The number of carbonyl (C=O) groups excluding carboxylic acids is 1. The Balaban J connectivity index is 1.51. The summed E-state index contributed by atoms with van der Waals surface area (Å²) >= 11 is 0. The zero-order valence-corrected chi connectivity index (χ0v) is 18.8. The Morgan fingerprint density at radius 3 is 2.57 bits per heavy atom. The lowest BCUT2D eigenvalue weighted by Gasteiger charge is -2.63. The molecule has 0 bridgehead atoms. The third-order valence-electron chi connectivity index (χ3n) is 10.1. The summed E-state index contributed by atoms with van der Waals surface area (Å²) in [6, 6.07) is 0. The number of hydrogen-bond donors (Lipinski definition) is 4. The molecule has 4 aliphatic rings. The van der Waals surface area contributed by atoms with Crippen LogP contribution < -0.4 is 5.48 Å². The van der Waals surface area contributed by atoms with Gasteiger partial charge in [-0.15, -0.1) is 0 Å². The standard InChI is InChI=1S/C24H41NO5/c1-23-10-9-16(26)11-15(23)12-19(27)22-17-8-7-14(5-4-6-21(29)25-30-3)24(17,2)20(28)13-18(22)23/h14-20,22,26-28H,4-13H2,1-3H3,(H,25,29)/t14?,15-,16+,17-,18?,19?,20?,22-,23?,24?/m0/s1. The molecule has 0 radical (unpaired) electrons. The molecule has 0 aliphatic heterocycles. The highest BCUT2D eigenvalue weighted by Gasteiger charge is 2.65. The van der Waals surface area contributed by atoms with E-state index in [1.54, 1.807) is 0 Å². The van der Waals surface area contributed by atoms with Gasteiger partial charge in [-0.1, -0.05) is 13.8 Å². The zero-order valence-electron chi connectivity index (χ0n) is 18.8. The van der Waals surface area contributed by atoms with Gasteiger partial charge in [0.25, 0.3) is 0 Å². The molecule has 6 heteroatoms. The van der Waals surface area contributed by atoms with Gasteiger partial charge in [-0.2, -0.15) is 0 Å². The van der Waals surface area contributed by atoms with Crippen molar-refractivity contribution in [2.24, 2.45) is 40.4 Å². The van der Waals surface area contributed by atoms with Crippen LogP contribution in [0.15, 0.2) is 0 Å². The average Bonchev–Trinajstić information content (AvgIpc) is 3.02. The Kier molecular flexibility index (Phi) is 6.26. The smallest absolute Gasteiger partial charge is 0.243 e. The lowest BCUT2D eigenvalue weighted by Crippen LogP contribution is -2.62. The fraction of sp³-hybridized carbons (Fsp3) is 0.958. The van der Waals surface area contributed by atoms with E-state index in [2.05, 4.69) is 19.3 Å². The summed E-state index contributed by atoms with van der Waals surface area (Å²) in [5.41, 5.74) is 2.31. The predicted molar refractivity (Wildman–Crippen MR) is 113 cm³/mol. The monoisotopic (exact) mass is 423 g/mol. The minimum atomic E-state index is -0.362. The molecule has 30 heavy (non-hydrogen) atoms. The van der Waals surface area contributed by atoms with Crippen molar-refractivity contribution in [1.82, 2.24) is 5.48 Å². The summed E-state index contributed by atoms with van der Waals surface area (Å²) in [5, 5.41) is 32.9. The molecule has 0 saturated heterocycles. The van der Waals surface area contributed by atoms with Gasteiger partial charge < -0.3 is 15.3 Å². The summed E-state index contributed by atoms with van der Waals surface area (Å²) < 4.78 is 0. The van der Waals surface area contributed by atoms with Crippen LogP contribution >= 0.6 is 0 Å². The summed E-state index contributed by atoms with van der Waals surface area (Å²) in [4.78, 5) is 16.4. The topological polar surface area (TPSA) is 99.0 Å². The first-order valence-corrected chi connectivity index (χ1v) is 12.1. The fourth-order valence-corrected chi connectivity index (χ4v) is 8.44. The Morgan fingerprint density at radius 2 is 1.83 bits per heavy atom. The highest BCUT2D eigenvalue weighted by molar-refractivity contribution is 5.74. The van der Waals surface area contributed by atoms with Gasteiger partial charge in [-0.05, 0) is 98.2 Å². The molecule has 0 heterocycles. The van der Waals surface area contributed by atoms with Crippen LogP contribution in [0.2, 0.25) is 0 Å². The Labute approximate surface area is 180 Å². The van der Waals surface area contributed by atoms with Crippen molar-refractivity contribution >= 4 is 5.91 Å². The Hall–Kier alpha value is -0.690. The molecule has 0 aromatic rings. The SMILES string of the molecule is CONC(=O)CCCC1CC[C@H]2[C@@H]3C(O)C[C@@H]4C[C@H](O)CCC4(C)C3CC(O)C12C. The molecule has 4 fully saturated rings. The maximum absolute atomic E-state index is 11.7. The maximum atomic E-state index is 11.7. The van der Waals surface area contributed by atoms with E-state index in [9.17, 15) is 20.1 Å². The summed E-state index contributed by atoms with van der Waals surface area (Å²) in [6.07, 6.45) is 7.55. The minimum Gasteiger partial charge on any atom is -0.393 e. The number of carbonyl (C=O) groups is 1. The largest absolute Gasteiger partial charge is 0.393 e. The second-order valence-corrected chi connectivity index (χ2v) is 11.2. The highest BCUT2D eigenvalue weighted by Crippen LogP contribution is 2.67. The lowest BCUT2D eigenvalue weighted by atomic mass is 9.43. The molecule has 4 saturated carbocycles. The number of rotatable bonds is 5. The summed E-state index contributed by atoms with van der Waals surface area (Å²) in [5.74, 6) is 1.56. The fourth-order valence-electron chi connectivity index (χ4n) is 8.44. The van der Waals surface area contributed by atoms with E-state index in [1.807, 2.05) is 0 Å². The third kappa shape index (κ3) is 3.52. The molecule has 1 amide bonds. The van der Waals surface area contributed by atoms with Gasteiger partial charge in [0.2, 0.25) is 5.91 Å². The average molecular weight is 424 g/mol. The van der Waals surface area contributed by atoms with Crippen molar-refractivity contribution in [1.29, 1.82) is 0 Å². The molecule has 10 atom stereocenters. The van der Waals surface area contributed by atoms with Crippen LogP contribution in [0, 0.1) is 40.4 Å². The van der Waals surface area contributed by atoms with E-state index in [-0.39, 0.29) is 41.0 Å². The quantitative estimate of drug-likeness (QED) is 0.510. The molecular weight excluding hydrogens is 382 g/mol. The van der Waals surface area contributed by atoms with Gasteiger partial charge in [-0.25, -0.2) is 5.48 Å². The van der Waals surface area contributed by atoms with Gasteiger partial charge in [0.1, 0.15) is 0 Å². The third-order valence-corrected chi connectivity index (χ3v) is 10.1. The van der Waals surface area contributed by atoms with Crippen molar-refractivity contribution in [2.75, 3.05) is 7.11 Å². The second kappa shape index (κ2) is 8.34. The van der Waals surface area contributed by atoms with Gasteiger partial charge in [-0.3, -0.25) is 9.63 Å². The van der Waals surface area contributed by atoms with Crippen LogP contribution in [-0.4, -0.2) is 46.6 Å². The number of nitrogens with one attached hydrogen (secondary N) is 1. The first kappa shape index (κ1) is 22.5. The van der Waals surface area contributed by atoms with Gasteiger partial charge >= 0.3 is 0 Å². The van der Waals surface area contributed by atoms with E-state index < -0.39 is 0 Å². The van der Waals surface area contributed by atoms with Crippen molar-refractivity contribution < 1.29 is 25.0 Å². The van der Waals surface area contributed by atoms with Crippen molar-refractivity contribution in [3.05, 3.63) is 0 Å². The number of aliphatic hydroxyl groups excluding tert-OH is 3. The first-order valence-electron chi connectivity index (χ1n) is 12.1. The van der Waals surface area contributed by atoms with Crippen LogP contribution in [0.25, 0.3) is 0 Å². The van der Waals surface area contributed by atoms with Crippen molar-refractivity contribution in [3.63, 3.8) is 0 Å². The van der Waals surface area contributed by atoms with Crippen LogP contribution in [0.4, 0.5) is 0 Å². The van der Waals surface area contributed by atoms with E-state index in [1.165, 1.54) is 7.11 Å². The zero-order chi connectivity index (χ0) is 21.7. The highest BCUT2D eigenvalue weighted by atomic mass is 16.6. The molecule has 4 aliphatic carbocycles. The minimum absolute atomic E-state index is 0.0948. The van der Waals surface area contributed by atoms with E-state index in [0.29, 0.717) is 30.1 Å². The van der Waals surface area contributed by atoms with E-state index in [0.717, 1.165) is 57.8 Å². The van der Waals surface area contributed by atoms with Crippen LogP contribution in [0.5, 0.6) is 0 Å². The molecular formula is C24H41NO5. The summed E-state index contributed by atoms with van der Waals surface area (Å²) in [6.45, 7) is 4.61. The van der Waals surface area contributed by atoms with E-state index >= 15 is 0 Å². The predicted octanol–water partition coefficient (Wildman–Crippen LogP) is 2.80. The summed E-state index contributed by atoms with van der Waals surface area (Å²) in [7, 11) is 1.45. The number of hydroxylamine groups is 1. The molecule has 4 N–H and O–H groups in total. The number of hydrogen-bond acceptors (Lipinski definition) is 5. The molecule has 172 valence electrons. The number of aliphatic hydroxyl groups is 3. The molecule has 0 aromatic heterocycles.